The molecule has 0 spiro atoms. The SMILES string of the molecule is CC(C)(O)Cc1ccc(Br)nc1. The van der Waals surface area contributed by atoms with E-state index in [4.69, 9.17) is 0 Å². The van der Waals surface area contributed by atoms with E-state index >= 15 is 0 Å². The van der Waals surface area contributed by atoms with Gasteiger partial charge in [-0.3, -0.25) is 0 Å². The Hall–Kier alpha value is -0.410. The minimum Gasteiger partial charge on any atom is -0.390 e. The fourth-order valence-corrected chi connectivity index (χ4v) is 1.25. The smallest absolute Gasteiger partial charge is 0.106 e. The first kappa shape index (κ1) is 9.68. The molecule has 0 aliphatic rings. The second-order valence-electron chi connectivity index (χ2n) is 3.48. The summed E-state index contributed by atoms with van der Waals surface area (Å²) < 4.78 is 0.821. The van der Waals surface area contributed by atoms with Gasteiger partial charge >= 0.3 is 0 Å². The van der Waals surface area contributed by atoms with Crippen molar-refractivity contribution in [3.63, 3.8) is 0 Å². The molecule has 0 radical (unpaired) electrons. The molecular weight excluding hydrogens is 218 g/mol. The topological polar surface area (TPSA) is 33.1 Å². The summed E-state index contributed by atoms with van der Waals surface area (Å²) in [6.45, 7) is 3.57. The highest BCUT2D eigenvalue weighted by molar-refractivity contribution is 9.10. The number of aliphatic hydroxyl groups is 1. The highest BCUT2D eigenvalue weighted by Crippen LogP contribution is 2.13. The van der Waals surface area contributed by atoms with Crippen molar-refractivity contribution in [2.45, 2.75) is 25.9 Å². The summed E-state index contributed by atoms with van der Waals surface area (Å²) in [5, 5.41) is 9.50. The number of rotatable bonds is 2. The van der Waals surface area contributed by atoms with Gasteiger partial charge in [0.15, 0.2) is 0 Å². The maximum absolute atomic E-state index is 9.50. The third kappa shape index (κ3) is 3.32. The van der Waals surface area contributed by atoms with Crippen molar-refractivity contribution in [2.75, 3.05) is 0 Å². The molecule has 3 heteroatoms. The standard InChI is InChI=1S/C9H12BrNO/c1-9(2,12)5-7-3-4-8(10)11-6-7/h3-4,6,12H,5H2,1-2H3. The minimum absolute atomic E-state index is 0.632. The quantitative estimate of drug-likeness (QED) is 0.789. The summed E-state index contributed by atoms with van der Waals surface area (Å²) in [4.78, 5) is 4.07. The van der Waals surface area contributed by atoms with Gasteiger partial charge in [-0.05, 0) is 41.4 Å². The Kier molecular flexibility index (Phi) is 2.85. The lowest BCUT2D eigenvalue weighted by Crippen LogP contribution is -2.21. The third-order valence-electron chi connectivity index (χ3n) is 1.43. The monoisotopic (exact) mass is 229 g/mol. The Labute approximate surface area is 80.8 Å². The number of nitrogens with zero attached hydrogens (tertiary/aromatic N) is 1. The summed E-state index contributed by atoms with van der Waals surface area (Å²) in [6.07, 6.45) is 2.40. The normalized spacial score (nSPS) is 11.7. The third-order valence-corrected chi connectivity index (χ3v) is 1.89. The molecule has 0 bridgehead atoms. The van der Waals surface area contributed by atoms with E-state index in [2.05, 4.69) is 20.9 Å². The molecule has 0 saturated heterocycles. The Morgan fingerprint density at radius 3 is 2.58 bits per heavy atom. The molecule has 0 saturated carbocycles. The average molecular weight is 230 g/mol. The molecule has 2 nitrogen and oxygen atoms in total. The Bertz CT molecular complexity index is 250. The van der Waals surface area contributed by atoms with E-state index in [0.717, 1.165) is 10.2 Å². The fraction of sp³-hybridized carbons (Fsp3) is 0.444. The first-order valence-corrected chi connectivity index (χ1v) is 4.59. The van der Waals surface area contributed by atoms with Crippen LogP contribution in [0.5, 0.6) is 0 Å². The van der Waals surface area contributed by atoms with Crippen LogP contribution in [-0.2, 0) is 6.42 Å². The van der Waals surface area contributed by atoms with Gasteiger partial charge in [0.1, 0.15) is 4.60 Å². The van der Waals surface area contributed by atoms with Crippen LogP contribution in [0.3, 0.4) is 0 Å². The van der Waals surface area contributed by atoms with Crippen LogP contribution in [0.15, 0.2) is 22.9 Å². The summed E-state index contributed by atoms with van der Waals surface area (Å²) in [7, 11) is 0. The Morgan fingerprint density at radius 1 is 1.50 bits per heavy atom. The first-order valence-electron chi connectivity index (χ1n) is 3.80. The van der Waals surface area contributed by atoms with Crippen molar-refractivity contribution in [3.8, 4) is 0 Å². The van der Waals surface area contributed by atoms with Crippen LogP contribution in [0.1, 0.15) is 19.4 Å². The second kappa shape index (κ2) is 3.54. The number of hydrogen-bond acceptors (Lipinski definition) is 2. The van der Waals surface area contributed by atoms with Gasteiger partial charge < -0.3 is 5.11 Å². The van der Waals surface area contributed by atoms with E-state index in [1.807, 2.05) is 12.1 Å². The van der Waals surface area contributed by atoms with Crippen molar-refractivity contribution >= 4 is 15.9 Å². The second-order valence-corrected chi connectivity index (χ2v) is 4.29. The predicted octanol–water partition coefficient (Wildman–Crippen LogP) is 2.16. The van der Waals surface area contributed by atoms with Crippen LogP contribution < -0.4 is 0 Å². The molecule has 0 unspecified atom stereocenters. The lowest BCUT2D eigenvalue weighted by molar-refractivity contribution is 0.0809. The van der Waals surface area contributed by atoms with Gasteiger partial charge in [-0.25, -0.2) is 4.98 Å². The van der Waals surface area contributed by atoms with E-state index < -0.39 is 5.60 Å². The summed E-state index contributed by atoms with van der Waals surface area (Å²) in [6, 6.07) is 3.83. The average Bonchev–Trinajstić information content (AvgIpc) is 1.91. The molecule has 0 aromatic carbocycles. The van der Waals surface area contributed by atoms with Crippen LogP contribution in [0.25, 0.3) is 0 Å². The number of halogens is 1. The van der Waals surface area contributed by atoms with E-state index in [1.54, 1.807) is 20.0 Å². The zero-order valence-corrected chi connectivity index (χ0v) is 8.80. The predicted molar refractivity (Wildman–Crippen MR) is 51.9 cm³/mol. The maximum atomic E-state index is 9.50. The van der Waals surface area contributed by atoms with Gasteiger partial charge in [-0.1, -0.05) is 6.07 Å². The summed E-state index contributed by atoms with van der Waals surface area (Å²) in [5.41, 5.74) is 0.390. The Balaban J connectivity index is 2.71. The zero-order valence-electron chi connectivity index (χ0n) is 7.21. The van der Waals surface area contributed by atoms with Crippen molar-refractivity contribution in [3.05, 3.63) is 28.5 Å². The highest BCUT2D eigenvalue weighted by atomic mass is 79.9. The molecule has 0 aliphatic carbocycles. The number of pyridine rings is 1. The van der Waals surface area contributed by atoms with E-state index in [-0.39, 0.29) is 0 Å². The van der Waals surface area contributed by atoms with E-state index in [1.165, 1.54) is 0 Å². The van der Waals surface area contributed by atoms with Crippen LogP contribution in [-0.4, -0.2) is 15.7 Å². The maximum Gasteiger partial charge on any atom is 0.106 e. The van der Waals surface area contributed by atoms with Crippen LogP contribution in [0, 0.1) is 0 Å². The Morgan fingerprint density at radius 2 is 2.17 bits per heavy atom. The van der Waals surface area contributed by atoms with E-state index in [9.17, 15) is 5.11 Å². The summed E-state index contributed by atoms with van der Waals surface area (Å²) >= 11 is 3.25. The van der Waals surface area contributed by atoms with Gasteiger partial charge in [0.2, 0.25) is 0 Å². The van der Waals surface area contributed by atoms with Gasteiger partial charge in [0.25, 0.3) is 0 Å². The largest absolute Gasteiger partial charge is 0.390 e. The van der Waals surface area contributed by atoms with Crippen LogP contribution in [0.4, 0.5) is 0 Å². The van der Waals surface area contributed by atoms with Crippen molar-refractivity contribution < 1.29 is 5.11 Å². The van der Waals surface area contributed by atoms with Crippen molar-refractivity contribution in [2.24, 2.45) is 0 Å². The lowest BCUT2D eigenvalue weighted by atomic mass is 10.0. The molecule has 1 heterocycles. The molecule has 0 amide bonds. The first-order chi connectivity index (χ1) is 5.47. The van der Waals surface area contributed by atoms with Gasteiger partial charge in [-0.2, -0.15) is 0 Å². The summed E-state index contributed by atoms with van der Waals surface area (Å²) in [5.74, 6) is 0. The van der Waals surface area contributed by atoms with Crippen molar-refractivity contribution in [1.82, 2.24) is 4.98 Å². The number of hydrogen-bond donors (Lipinski definition) is 1. The van der Waals surface area contributed by atoms with Gasteiger partial charge in [-0.15, -0.1) is 0 Å². The van der Waals surface area contributed by atoms with Crippen LogP contribution >= 0.6 is 15.9 Å². The molecule has 12 heavy (non-hydrogen) atoms. The molecule has 1 aromatic heterocycles. The van der Waals surface area contributed by atoms with Gasteiger partial charge in [0.05, 0.1) is 5.60 Å². The molecule has 1 N–H and O–H groups in total. The number of aromatic nitrogens is 1. The molecule has 66 valence electrons. The van der Waals surface area contributed by atoms with Crippen molar-refractivity contribution in [1.29, 1.82) is 0 Å². The fourth-order valence-electron chi connectivity index (χ4n) is 1.01. The minimum atomic E-state index is -0.657. The van der Waals surface area contributed by atoms with Crippen LogP contribution in [0.2, 0.25) is 0 Å². The lowest BCUT2D eigenvalue weighted by Gasteiger charge is -2.16. The molecular formula is C9H12BrNO. The molecule has 1 rings (SSSR count). The highest BCUT2D eigenvalue weighted by Gasteiger charge is 2.12. The zero-order chi connectivity index (χ0) is 9.19. The van der Waals surface area contributed by atoms with E-state index in [0.29, 0.717) is 6.42 Å². The molecule has 0 aliphatic heterocycles. The molecule has 0 fully saturated rings. The molecule has 0 atom stereocenters. The molecule has 1 aromatic rings. The van der Waals surface area contributed by atoms with Gasteiger partial charge in [0, 0.05) is 12.6 Å².